The lowest BCUT2D eigenvalue weighted by atomic mass is 9.82. The minimum absolute atomic E-state index is 3.64. The van der Waals surface area contributed by atoms with Crippen molar-refractivity contribution in [2.45, 2.75) is 95.0 Å². The number of phenolic OH excluding ortho intramolecular Hbond substituents is 1. The van der Waals surface area contributed by atoms with Crippen LogP contribution in [0.15, 0.2) is 0 Å². The van der Waals surface area contributed by atoms with E-state index in [0.717, 1.165) is 0 Å². The van der Waals surface area contributed by atoms with Gasteiger partial charge in [-0.3, -0.25) is 0 Å². The summed E-state index contributed by atoms with van der Waals surface area (Å²) in [4.78, 5) is 0. The third kappa shape index (κ3) is 5.96. The van der Waals surface area contributed by atoms with E-state index in [4.69, 9.17) is 5.11 Å². The van der Waals surface area contributed by atoms with E-state index in [2.05, 4.69) is 0 Å². The average Bonchev–Trinajstić information content (AvgIpc) is 3.04. The van der Waals surface area contributed by atoms with Gasteiger partial charge < -0.3 is 5.11 Å². The molecule has 0 aliphatic heterocycles. The summed E-state index contributed by atoms with van der Waals surface area (Å²) in [5.74, 6) is -168. The summed E-state index contributed by atoms with van der Waals surface area (Å²) in [5, 5.41) is 8.83. The number of phenols is 1. The van der Waals surface area contributed by atoms with E-state index in [-0.39, 0.29) is 0 Å². The summed E-state index contributed by atoms with van der Waals surface area (Å²) in [5.41, 5.74) is -4.66. The van der Waals surface area contributed by atoms with Crippen LogP contribution in [0.25, 0.3) is 0 Å². The van der Waals surface area contributed by atoms with Gasteiger partial charge in [-0.15, -0.1) is 0 Å². The third-order valence-corrected chi connectivity index (χ3v) is 7.43. The molecule has 60 heavy (non-hydrogen) atoms. The number of halogens is 37. The number of rotatable bonds is 15. The molecule has 38 heteroatoms. The largest absolute Gasteiger partial charge is 0.504 e. The number of hydrogen-bond donors (Lipinski definition) is 1. The monoisotopic (exact) mass is 984 g/mol. The molecular weight excluding hydrogens is 983 g/mol. The average molecular weight is 984 g/mol. The van der Waals surface area contributed by atoms with E-state index in [1.54, 1.807) is 0 Å². The van der Waals surface area contributed by atoms with Gasteiger partial charge in [-0.25, -0.2) is 13.2 Å². The number of alkyl halides is 33. The quantitative estimate of drug-likeness (QED) is 0.105. The van der Waals surface area contributed by atoms with Crippen LogP contribution in [0, 0.1) is 23.3 Å². The predicted octanol–water partition coefficient (Wildman–Crippen LogP) is 12.5. The summed E-state index contributed by atoms with van der Waals surface area (Å²) in [6, 6.07) is 0. The molecule has 0 saturated heterocycles. The molecule has 0 bridgehead atoms. The highest BCUT2D eigenvalue weighted by atomic mass is 19.4. The molecule has 0 aliphatic carbocycles. The van der Waals surface area contributed by atoms with Gasteiger partial charge in [0.25, 0.3) is 0 Å². The molecule has 0 amide bonds. The van der Waals surface area contributed by atoms with Crippen molar-refractivity contribution in [1.82, 2.24) is 0 Å². The van der Waals surface area contributed by atoms with Gasteiger partial charge in [0.2, 0.25) is 11.6 Å². The first-order valence-electron chi connectivity index (χ1n) is 12.7. The fourth-order valence-electron chi connectivity index (χ4n) is 3.80. The number of benzene rings is 1. The SMILES string of the molecule is Oc1c(F)c(F)c(F)c(F)c1C(F)(F)C(F)(F)C(F)(F)C(F)(F)C(F)(F)C(F)(F)C(F)(F)C(F)(F)C(F)(F)C(F)(F)C(F)(F)C(F)(F)C(F)(F)C(F)(F)C(F)(F)C(F)(F)F. The maximum atomic E-state index is 14.2. The Bertz CT molecular complexity index is 1760. The Morgan fingerprint density at radius 1 is 0.217 bits per heavy atom. The minimum atomic E-state index is -10.4. The molecule has 0 aromatic heterocycles. The molecule has 0 fully saturated rings. The summed E-state index contributed by atoms with van der Waals surface area (Å²) in [7, 11) is 0. The van der Waals surface area contributed by atoms with Gasteiger partial charge in [0.1, 0.15) is 5.56 Å². The van der Waals surface area contributed by atoms with E-state index in [1.807, 2.05) is 0 Å². The Morgan fingerprint density at radius 2 is 0.383 bits per heavy atom. The van der Waals surface area contributed by atoms with Gasteiger partial charge in [0.05, 0.1) is 0 Å². The summed E-state index contributed by atoms with van der Waals surface area (Å²) < 4.78 is 504. The fraction of sp³-hybridized carbons (Fsp3) is 0.727. The molecule has 1 N–H and O–H groups in total. The number of hydrogen-bond acceptors (Lipinski definition) is 1. The second-order valence-corrected chi connectivity index (χ2v) is 11.1. The first kappa shape index (κ1) is 54.4. The van der Waals surface area contributed by atoms with Crippen molar-refractivity contribution >= 4 is 0 Å². The van der Waals surface area contributed by atoms with Crippen molar-refractivity contribution in [3.05, 3.63) is 28.8 Å². The van der Waals surface area contributed by atoms with E-state index in [9.17, 15) is 162 Å². The van der Waals surface area contributed by atoms with Crippen LogP contribution >= 0.6 is 0 Å². The molecule has 0 atom stereocenters. The lowest BCUT2D eigenvalue weighted by Crippen LogP contribution is -2.79. The van der Waals surface area contributed by atoms with Gasteiger partial charge in [0.15, 0.2) is 17.4 Å². The van der Waals surface area contributed by atoms with Gasteiger partial charge in [-0.2, -0.15) is 149 Å². The zero-order valence-corrected chi connectivity index (χ0v) is 25.4. The Balaban J connectivity index is 4.15. The van der Waals surface area contributed by atoms with Crippen LogP contribution in [0.5, 0.6) is 5.75 Å². The molecular formula is C22HF37O. The van der Waals surface area contributed by atoms with Gasteiger partial charge in [0, 0.05) is 0 Å². The number of aromatic hydroxyl groups is 1. The predicted molar refractivity (Wildman–Crippen MR) is 107 cm³/mol. The lowest BCUT2D eigenvalue weighted by molar-refractivity contribution is -0.491. The first-order valence-corrected chi connectivity index (χ1v) is 12.7. The van der Waals surface area contributed by atoms with Crippen LogP contribution in [-0.2, 0) is 5.92 Å². The maximum absolute atomic E-state index is 14.2. The van der Waals surface area contributed by atoms with Crippen molar-refractivity contribution in [3.8, 4) is 5.75 Å². The molecule has 354 valence electrons. The molecule has 0 saturated carbocycles. The minimum Gasteiger partial charge on any atom is -0.504 e. The zero-order valence-electron chi connectivity index (χ0n) is 25.4. The summed E-state index contributed by atoms with van der Waals surface area (Å²) in [6.45, 7) is 0. The van der Waals surface area contributed by atoms with Gasteiger partial charge in [-0.1, -0.05) is 0 Å². The second-order valence-electron chi connectivity index (χ2n) is 11.1. The second kappa shape index (κ2) is 13.5. The molecule has 0 spiro atoms. The van der Waals surface area contributed by atoms with E-state index >= 15 is 0 Å². The normalized spacial score (nSPS) is 16.5. The maximum Gasteiger partial charge on any atom is 0.460 e. The Kier molecular flexibility index (Phi) is 12.2. The highest BCUT2D eigenvalue weighted by Gasteiger charge is 3.02. The lowest BCUT2D eigenvalue weighted by Gasteiger charge is -2.47. The smallest absolute Gasteiger partial charge is 0.460 e. The van der Waals surface area contributed by atoms with Crippen molar-refractivity contribution < 1.29 is 168 Å². The van der Waals surface area contributed by atoms with Crippen LogP contribution in [0.3, 0.4) is 0 Å². The fourth-order valence-corrected chi connectivity index (χ4v) is 3.80. The topological polar surface area (TPSA) is 20.2 Å². The highest BCUT2D eigenvalue weighted by molar-refractivity contribution is 5.42. The Hall–Kier alpha value is -3.57. The van der Waals surface area contributed by atoms with Crippen LogP contribution < -0.4 is 0 Å². The molecule has 0 heterocycles. The standard InChI is InChI=1S/C22HF37O/c23-2-1(6(60)5(26)4(25)3(2)24)7(27,28)8(29,30)9(31,32)10(33,34)11(35,36)12(37,38)13(39,40)14(41,42)15(43,44)16(45,46)17(47,48)18(49,50)19(51,52)20(53,54)21(55,56)22(57,58)59/h60H. The van der Waals surface area contributed by atoms with Crippen molar-refractivity contribution in [1.29, 1.82) is 0 Å². The first-order chi connectivity index (χ1) is 25.4. The van der Waals surface area contributed by atoms with Gasteiger partial charge in [-0.05, 0) is 0 Å². The van der Waals surface area contributed by atoms with Crippen molar-refractivity contribution in [2.75, 3.05) is 0 Å². The van der Waals surface area contributed by atoms with Crippen molar-refractivity contribution in [2.24, 2.45) is 0 Å². The molecule has 1 aromatic carbocycles. The highest BCUT2D eigenvalue weighted by Crippen LogP contribution is 2.70. The van der Waals surface area contributed by atoms with E-state index in [0.29, 0.717) is 0 Å². The molecule has 1 nitrogen and oxygen atoms in total. The summed E-state index contributed by atoms with van der Waals surface area (Å²) >= 11 is 0. The third-order valence-electron chi connectivity index (χ3n) is 7.43. The molecule has 1 rings (SSSR count). The van der Waals surface area contributed by atoms with E-state index < -0.39 is 130 Å². The molecule has 0 aliphatic rings. The van der Waals surface area contributed by atoms with Crippen LogP contribution in [0.1, 0.15) is 5.56 Å². The Labute approximate surface area is 298 Å². The van der Waals surface area contributed by atoms with Crippen LogP contribution in [0.4, 0.5) is 162 Å². The van der Waals surface area contributed by atoms with E-state index in [1.165, 1.54) is 0 Å². The van der Waals surface area contributed by atoms with Crippen LogP contribution in [-0.4, -0.2) is 94.2 Å². The zero-order chi connectivity index (χ0) is 49.5. The van der Waals surface area contributed by atoms with Crippen LogP contribution in [0.2, 0.25) is 0 Å². The molecule has 1 aromatic rings. The van der Waals surface area contributed by atoms with Crippen molar-refractivity contribution in [3.63, 3.8) is 0 Å². The van der Waals surface area contributed by atoms with Gasteiger partial charge >= 0.3 is 95.0 Å². The Morgan fingerprint density at radius 3 is 0.583 bits per heavy atom. The molecule has 0 unspecified atom stereocenters. The molecule has 0 radical (unpaired) electrons. The summed E-state index contributed by atoms with van der Waals surface area (Å²) in [6.07, 6.45) is -8.46.